The van der Waals surface area contributed by atoms with E-state index in [9.17, 15) is 9.59 Å². The lowest BCUT2D eigenvalue weighted by Gasteiger charge is -2.17. The number of hydrogen-bond donors (Lipinski definition) is 1. The number of thiophene rings is 2. The summed E-state index contributed by atoms with van der Waals surface area (Å²) in [7, 11) is 0. The third kappa shape index (κ3) is 3.61. The number of aromatic nitrogens is 4. The zero-order chi connectivity index (χ0) is 24.1. The molecule has 1 N–H and O–H groups in total. The molecule has 0 unspecified atom stereocenters. The van der Waals surface area contributed by atoms with Gasteiger partial charge >= 0.3 is 0 Å². The zero-order valence-corrected chi connectivity index (χ0v) is 20.1. The largest absolute Gasteiger partial charge is 0.415 e. The maximum atomic E-state index is 12.5. The number of anilines is 1. The van der Waals surface area contributed by atoms with Gasteiger partial charge in [0.2, 0.25) is 5.89 Å². The summed E-state index contributed by atoms with van der Waals surface area (Å²) in [5.74, 6) is 0.745. The molecule has 2 amide bonds. The fraction of sp³-hybridized carbons (Fsp3) is 0.0833. The van der Waals surface area contributed by atoms with Gasteiger partial charge in [-0.2, -0.15) is 5.01 Å². The van der Waals surface area contributed by atoms with Crippen LogP contribution in [0.1, 0.15) is 12.5 Å². The van der Waals surface area contributed by atoms with E-state index in [0.717, 1.165) is 25.9 Å². The van der Waals surface area contributed by atoms with Gasteiger partial charge in [-0.3, -0.25) is 15.0 Å². The Kier molecular flexibility index (Phi) is 5.01. The highest BCUT2D eigenvalue weighted by atomic mass is 32.1. The molecule has 0 atom stereocenters. The van der Waals surface area contributed by atoms with E-state index >= 15 is 0 Å². The van der Waals surface area contributed by atoms with Gasteiger partial charge in [-0.25, -0.2) is 9.97 Å². The SMILES string of the molecule is CC1=CC(=O)N(Nc2nc(-c3cccs3)nc3sc(-c4nnc(-c5ccccc5)o4)c(C)c23)C1=O. The van der Waals surface area contributed by atoms with E-state index < -0.39 is 11.8 Å². The molecule has 0 saturated heterocycles. The van der Waals surface area contributed by atoms with Crippen LogP contribution in [0, 0.1) is 6.92 Å². The molecule has 1 aliphatic rings. The van der Waals surface area contributed by atoms with Crippen molar-refractivity contribution >= 4 is 50.5 Å². The molecule has 0 aliphatic carbocycles. The topological polar surface area (TPSA) is 114 Å². The van der Waals surface area contributed by atoms with Crippen molar-refractivity contribution in [1.82, 2.24) is 25.2 Å². The fourth-order valence-corrected chi connectivity index (χ4v) is 5.51. The molecule has 11 heteroatoms. The van der Waals surface area contributed by atoms with Crippen molar-refractivity contribution in [3.8, 4) is 32.9 Å². The summed E-state index contributed by atoms with van der Waals surface area (Å²) in [6.45, 7) is 3.50. The Balaban J connectivity index is 1.48. The molecule has 5 aromatic rings. The fourth-order valence-electron chi connectivity index (χ4n) is 3.75. The van der Waals surface area contributed by atoms with Gasteiger partial charge in [-0.05, 0) is 43.0 Å². The lowest BCUT2D eigenvalue weighted by molar-refractivity contribution is -0.135. The Morgan fingerprint density at radius 3 is 2.49 bits per heavy atom. The third-order valence-electron chi connectivity index (χ3n) is 5.49. The van der Waals surface area contributed by atoms with Crippen molar-refractivity contribution in [3.63, 3.8) is 0 Å². The molecule has 0 bridgehead atoms. The molecule has 9 nitrogen and oxygen atoms in total. The summed E-state index contributed by atoms with van der Waals surface area (Å²) in [5, 5.41) is 12.0. The van der Waals surface area contributed by atoms with Crippen LogP contribution in [0.25, 0.3) is 43.1 Å². The summed E-state index contributed by atoms with van der Waals surface area (Å²) < 4.78 is 5.98. The molecule has 5 heterocycles. The van der Waals surface area contributed by atoms with E-state index in [2.05, 4.69) is 20.6 Å². The van der Waals surface area contributed by atoms with Crippen LogP contribution in [-0.2, 0) is 9.59 Å². The maximum absolute atomic E-state index is 12.5. The number of hydrogen-bond acceptors (Lipinski definition) is 10. The van der Waals surface area contributed by atoms with Gasteiger partial charge in [0.1, 0.15) is 4.83 Å². The van der Waals surface area contributed by atoms with Crippen molar-refractivity contribution in [3.05, 3.63) is 65.1 Å². The summed E-state index contributed by atoms with van der Waals surface area (Å²) in [6.07, 6.45) is 1.29. The van der Waals surface area contributed by atoms with E-state index in [-0.39, 0.29) is 0 Å². The van der Waals surface area contributed by atoms with Gasteiger partial charge in [-0.15, -0.1) is 32.9 Å². The van der Waals surface area contributed by atoms with Crippen LogP contribution in [0.4, 0.5) is 5.82 Å². The highest BCUT2D eigenvalue weighted by Crippen LogP contribution is 2.41. The minimum atomic E-state index is -0.450. The first-order chi connectivity index (χ1) is 17.0. The number of nitrogens with one attached hydrogen (secondary N) is 1. The lowest BCUT2D eigenvalue weighted by atomic mass is 10.2. The highest BCUT2D eigenvalue weighted by Gasteiger charge is 2.31. The van der Waals surface area contributed by atoms with Gasteiger partial charge in [0.05, 0.1) is 15.1 Å². The van der Waals surface area contributed by atoms with Gasteiger partial charge < -0.3 is 4.42 Å². The van der Waals surface area contributed by atoms with Crippen molar-refractivity contribution in [1.29, 1.82) is 0 Å². The Hall–Kier alpha value is -4.22. The van der Waals surface area contributed by atoms with Crippen molar-refractivity contribution in [2.45, 2.75) is 13.8 Å². The van der Waals surface area contributed by atoms with Gasteiger partial charge in [0.15, 0.2) is 11.6 Å². The molecule has 0 fully saturated rings. The van der Waals surface area contributed by atoms with E-state index in [4.69, 9.17) is 9.40 Å². The lowest BCUT2D eigenvalue weighted by Crippen LogP contribution is -2.36. The number of hydrazine groups is 1. The zero-order valence-electron chi connectivity index (χ0n) is 18.5. The van der Waals surface area contributed by atoms with Crippen LogP contribution in [0.2, 0.25) is 0 Å². The van der Waals surface area contributed by atoms with E-state index in [1.54, 1.807) is 6.92 Å². The molecule has 35 heavy (non-hydrogen) atoms. The molecule has 1 aliphatic heterocycles. The smallest absolute Gasteiger partial charge is 0.275 e. The van der Waals surface area contributed by atoms with Gasteiger partial charge in [-0.1, -0.05) is 24.3 Å². The Morgan fingerprint density at radius 1 is 0.971 bits per heavy atom. The van der Waals surface area contributed by atoms with E-state index in [1.165, 1.54) is 28.7 Å². The standard InChI is InChI=1S/C24H16N6O3S2/c1-12-11-16(31)30(24(12)32)29-20-17-13(2)18(22-28-27-21(33-22)14-7-4-3-5-8-14)35-23(17)26-19(25-20)15-9-6-10-34-15/h3-11H,1-2H3,(H,25,26,29). The molecule has 6 rings (SSSR count). The number of nitrogens with zero attached hydrogens (tertiary/aromatic N) is 5. The third-order valence-corrected chi connectivity index (χ3v) is 7.53. The highest BCUT2D eigenvalue weighted by molar-refractivity contribution is 7.22. The van der Waals surface area contributed by atoms with Crippen LogP contribution in [0.15, 0.2) is 63.9 Å². The number of amides is 2. The van der Waals surface area contributed by atoms with E-state index in [1.807, 2.05) is 54.8 Å². The molecule has 0 radical (unpaired) electrons. The normalized spacial score (nSPS) is 13.7. The predicted octanol–water partition coefficient (Wildman–Crippen LogP) is 5.09. The first kappa shape index (κ1) is 21.3. The van der Waals surface area contributed by atoms with Crippen molar-refractivity contribution in [2.75, 3.05) is 5.43 Å². The molecule has 0 spiro atoms. The number of carbonyl (C=O) groups excluding carboxylic acids is 2. The van der Waals surface area contributed by atoms with Crippen LogP contribution >= 0.6 is 22.7 Å². The second-order valence-electron chi connectivity index (χ2n) is 7.81. The van der Waals surface area contributed by atoms with Crippen molar-refractivity contribution in [2.24, 2.45) is 0 Å². The van der Waals surface area contributed by atoms with Crippen LogP contribution in [-0.4, -0.2) is 37.0 Å². The van der Waals surface area contributed by atoms with Gasteiger partial charge in [0, 0.05) is 17.2 Å². The summed E-state index contributed by atoms with van der Waals surface area (Å²) in [5.41, 5.74) is 4.91. The number of rotatable bonds is 5. The van der Waals surface area contributed by atoms with E-state index in [0.29, 0.717) is 39.2 Å². The molecule has 1 aromatic carbocycles. The average molecular weight is 501 g/mol. The first-order valence-electron chi connectivity index (χ1n) is 10.6. The Bertz CT molecular complexity index is 1640. The average Bonchev–Trinajstić information content (AvgIpc) is 3.65. The molecule has 0 saturated carbocycles. The Labute approximate surface area is 206 Å². The van der Waals surface area contributed by atoms with Gasteiger partial charge in [0.25, 0.3) is 17.7 Å². The molecular weight excluding hydrogens is 484 g/mol. The number of aryl methyl sites for hydroxylation is 1. The minimum Gasteiger partial charge on any atom is -0.415 e. The second kappa shape index (κ2) is 8.22. The van der Waals surface area contributed by atoms with Crippen LogP contribution < -0.4 is 5.43 Å². The predicted molar refractivity (Wildman–Crippen MR) is 133 cm³/mol. The monoisotopic (exact) mass is 500 g/mol. The number of fused-ring (bicyclic) bond motifs is 1. The van der Waals surface area contributed by atoms with Crippen LogP contribution in [0.5, 0.6) is 0 Å². The number of carbonyl (C=O) groups is 2. The molecular formula is C24H16N6O3S2. The van der Waals surface area contributed by atoms with Crippen molar-refractivity contribution < 1.29 is 14.0 Å². The summed E-state index contributed by atoms with van der Waals surface area (Å²) >= 11 is 2.89. The Morgan fingerprint density at radius 2 is 1.77 bits per heavy atom. The quantitative estimate of drug-likeness (QED) is 0.332. The summed E-state index contributed by atoms with van der Waals surface area (Å²) in [4.78, 5) is 36.6. The molecule has 172 valence electrons. The first-order valence-corrected chi connectivity index (χ1v) is 12.3. The maximum Gasteiger partial charge on any atom is 0.275 e. The molecule has 4 aromatic heterocycles. The van der Waals surface area contributed by atoms with Crippen LogP contribution in [0.3, 0.4) is 0 Å². The number of benzene rings is 1. The minimum absolute atomic E-state index is 0.353. The summed E-state index contributed by atoms with van der Waals surface area (Å²) in [6, 6.07) is 13.4. The number of imide groups is 1. The second-order valence-corrected chi connectivity index (χ2v) is 9.75.